The van der Waals surface area contributed by atoms with Crippen LogP contribution >= 0.6 is 0 Å². The molecule has 11 aromatic rings. The van der Waals surface area contributed by atoms with E-state index in [1.165, 1.54) is 111 Å². The van der Waals surface area contributed by atoms with Gasteiger partial charge in [-0.05, 0) is 160 Å². The van der Waals surface area contributed by atoms with Crippen molar-refractivity contribution in [2.75, 3.05) is 4.90 Å². The number of hydrogen-bond donors (Lipinski definition) is 0. The normalized spacial score (nSPS) is 14.0. The lowest BCUT2D eigenvalue weighted by Crippen LogP contribution is -2.25. The Bertz CT molecular complexity index is 3820. The first-order valence-corrected chi connectivity index (χ1v) is 24.2. The molecule has 4 aliphatic rings. The first-order chi connectivity index (χ1) is 34.2. The summed E-state index contributed by atoms with van der Waals surface area (Å²) in [5.41, 5.74) is 28.9. The van der Waals surface area contributed by atoms with E-state index >= 15 is 0 Å². The Morgan fingerprint density at radius 3 is 0.928 bits per heavy atom. The van der Waals surface area contributed by atoms with Crippen molar-refractivity contribution in [3.05, 3.63) is 305 Å². The Kier molecular flexibility index (Phi) is 7.98. The fourth-order valence-corrected chi connectivity index (χ4v) is 13.2. The molecular formula is C68H43N. The molecule has 0 saturated carbocycles. The van der Waals surface area contributed by atoms with E-state index in [0.29, 0.717) is 0 Å². The fraction of sp³-hybridized carbons (Fsp3) is 0.0294. The molecule has 0 radical (unpaired) electrons. The highest BCUT2D eigenvalue weighted by Gasteiger charge is 2.53. The van der Waals surface area contributed by atoms with Gasteiger partial charge in [-0.3, -0.25) is 0 Å². The second kappa shape index (κ2) is 14.4. The second-order valence-corrected chi connectivity index (χ2v) is 19.1. The van der Waals surface area contributed by atoms with Crippen LogP contribution < -0.4 is 4.90 Å². The molecule has 0 N–H and O–H groups in total. The van der Waals surface area contributed by atoms with Gasteiger partial charge in [-0.25, -0.2) is 0 Å². The minimum absolute atomic E-state index is 0.340. The molecule has 15 rings (SSSR count). The van der Waals surface area contributed by atoms with Crippen molar-refractivity contribution >= 4 is 17.1 Å². The Morgan fingerprint density at radius 1 is 0.188 bits per heavy atom. The highest BCUT2D eigenvalue weighted by molar-refractivity contribution is 5.98. The third-order valence-corrected chi connectivity index (χ3v) is 15.9. The van der Waals surface area contributed by atoms with Crippen LogP contribution in [0.1, 0.15) is 44.5 Å². The van der Waals surface area contributed by atoms with Crippen molar-refractivity contribution in [3.8, 4) is 66.8 Å². The first-order valence-electron chi connectivity index (χ1n) is 24.2. The van der Waals surface area contributed by atoms with Gasteiger partial charge in [0.2, 0.25) is 0 Å². The van der Waals surface area contributed by atoms with Crippen molar-refractivity contribution in [2.45, 2.75) is 10.8 Å². The average Bonchev–Trinajstić information content (AvgIpc) is 4.10. The number of benzene rings is 11. The maximum Gasteiger partial charge on any atom is 0.0725 e. The summed E-state index contributed by atoms with van der Waals surface area (Å²) in [6.07, 6.45) is 0. The minimum Gasteiger partial charge on any atom is -0.310 e. The van der Waals surface area contributed by atoms with Crippen LogP contribution in [-0.4, -0.2) is 0 Å². The summed E-state index contributed by atoms with van der Waals surface area (Å²) in [5, 5.41) is 0. The second-order valence-electron chi connectivity index (χ2n) is 19.1. The predicted molar refractivity (Wildman–Crippen MR) is 285 cm³/mol. The SMILES string of the molecule is c1ccc(N(c2ccc(-c3ccc4c(c3)-c3ccccc3C43c4ccccc4-c4ccccc43)cc2)c2cccc(-c3ccc4c(c3)-c3ccccc3C43c4ccccc4-c4ccccc43)c2)cc1. The third kappa shape index (κ3) is 5.09. The Hall–Kier alpha value is -8.78. The molecule has 0 bridgehead atoms. The van der Waals surface area contributed by atoms with Gasteiger partial charge in [0.25, 0.3) is 0 Å². The van der Waals surface area contributed by atoms with Gasteiger partial charge in [0.15, 0.2) is 0 Å². The molecule has 2 spiro atoms. The van der Waals surface area contributed by atoms with Crippen molar-refractivity contribution < 1.29 is 0 Å². The summed E-state index contributed by atoms with van der Waals surface area (Å²) < 4.78 is 0. The van der Waals surface area contributed by atoms with Gasteiger partial charge in [-0.1, -0.05) is 212 Å². The lowest BCUT2D eigenvalue weighted by atomic mass is 9.70. The third-order valence-electron chi connectivity index (χ3n) is 15.9. The summed E-state index contributed by atoms with van der Waals surface area (Å²) in [6.45, 7) is 0. The van der Waals surface area contributed by atoms with Crippen molar-refractivity contribution in [3.63, 3.8) is 0 Å². The molecule has 0 atom stereocenters. The van der Waals surface area contributed by atoms with E-state index in [4.69, 9.17) is 0 Å². The number of nitrogens with zero attached hydrogens (tertiary/aromatic N) is 1. The zero-order chi connectivity index (χ0) is 45.3. The van der Waals surface area contributed by atoms with Crippen LogP contribution in [0, 0.1) is 0 Å². The van der Waals surface area contributed by atoms with E-state index in [-0.39, 0.29) is 10.8 Å². The van der Waals surface area contributed by atoms with Crippen LogP contribution in [0.2, 0.25) is 0 Å². The molecule has 0 saturated heterocycles. The molecule has 0 aliphatic heterocycles. The zero-order valence-corrected chi connectivity index (χ0v) is 37.8. The van der Waals surface area contributed by atoms with Crippen LogP contribution in [-0.2, 0) is 10.8 Å². The van der Waals surface area contributed by atoms with Crippen molar-refractivity contribution in [1.29, 1.82) is 0 Å². The average molecular weight is 874 g/mol. The highest BCUT2D eigenvalue weighted by Crippen LogP contribution is 2.64. The smallest absolute Gasteiger partial charge is 0.0725 e. The van der Waals surface area contributed by atoms with Gasteiger partial charge in [-0.2, -0.15) is 0 Å². The number of anilines is 3. The van der Waals surface area contributed by atoms with Gasteiger partial charge in [0.1, 0.15) is 0 Å². The van der Waals surface area contributed by atoms with Gasteiger partial charge in [0, 0.05) is 17.1 Å². The van der Waals surface area contributed by atoms with Crippen LogP contribution in [0.15, 0.2) is 261 Å². The lowest BCUT2D eigenvalue weighted by Gasteiger charge is -2.30. The number of para-hydroxylation sites is 1. The van der Waals surface area contributed by atoms with Gasteiger partial charge >= 0.3 is 0 Å². The number of hydrogen-bond acceptors (Lipinski definition) is 1. The fourth-order valence-electron chi connectivity index (χ4n) is 13.2. The van der Waals surface area contributed by atoms with E-state index in [0.717, 1.165) is 17.1 Å². The number of rotatable bonds is 5. The van der Waals surface area contributed by atoms with Crippen molar-refractivity contribution in [1.82, 2.24) is 0 Å². The standard InChI is InChI=1S/C68H43N/c1-2-18-48(19-3-1)69(49-37-33-44(34-38-49)46-35-39-65-57(42-46)55-25-8-14-31-63(55)67(65)59-27-10-4-21-51(59)52-22-5-11-28-60(52)67)50-20-16-17-45(41-50)47-36-40-66-58(43-47)56-26-9-15-32-64(56)68(66)61-29-12-6-23-53(61)54-24-7-13-30-62(54)68/h1-43H. The summed E-state index contributed by atoms with van der Waals surface area (Å²) in [4.78, 5) is 2.38. The minimum atomic E-state index is -0.351. The molecule has 0 aromatic heterocycles. The first kappa shape index (κ1) is 38.3. The molecule has 11 aromatic carbocycles. The van der Waals surface area contributed by atoms with Crippen LogP contribution in [0.3, 0.4) is 0 Å². The molecule has 1 heteroatoms. The maximum absolute atomic E-state index is 2.44. The van der Waals surface area contributed by atoms with E-state index in [1.807, 2.05) is 0 Å². The molecular weight excluding hydrogens is 831 g/mol. The monoisotopic (exact) mass is 873 g/mol. The molecule has 320 valence electrons. The Balaban J connectivity index is 0.815. The maximum atomic E-state index is 2.44. The molecule has 0 unspecified atom stereocenters. The molecule has 4 aliphatic carbocycles. The van der Waals surface area contributed by atoms with Crippen LogP contribution in [0.5, 0.6) is 0 Å². The zero-order valence-electron chi connectivity index (χ0n) is 37.8. The van der Waals surface area contributed by atoms with Gasteiger partial charge in [0.05, 0.1) is 10.8 Å². The van der Waals surface area contributed by atoms with Gasteiger partial charge in [-0.15, -0.1) is 0 Å². The molecule has 0 fully saturated rings. The van der Waals surface area contributed by atoms with E-state index < -0.39 is 0 Å². The summed E-state index contributed by atoms with van der Waals surface area (Å²) in [7, 11) is 0. The topological polar surface area (TPSA) is 3.24 Å². The van der Waals surface area contributed by atoms with Crippen LogP contribution in [0.4, 0.5) is 17.1 Å². The molecule has 0 amide bonds. The Morgan fingerprint density at radius 2 is 0.493 bits per heavy atom. The van der Waals surface area contributed by atoms with E-state index in [9.17, 15) is 0 Å². The molecule has 1 nitrogen and oxygen atoms in total. The number of fused-ring (bicyclic) bond motifs is 20. The quantitative estimate of drug-likeness (QED) is 0.167. The molecule has 69 heavy (non-hydrogen) atoms. The molecule has 0 heterocycles. The van der Waals surface area contributed by atoms with Crippen LogP contribution in [0.25, 0.3) is 66.8 Å². The van der Waals surface area contributed by atoms with E-state index in [1.54, 1.807) is 0 Å². The summed E-state index contributed by atoms with van der Waals surface area (Å²) >= 11 is 0. The van der Waals surface area contributed by atoms with E-state index in [2.05, 4.69) is 266 Å². The Labute approximate surface area is 402 Å². The highest BCUT2D eigenvalue weighted by atomic mass is 15.1. The van der Waals surface area contributed by atoms with Gasteiger partial charge < -0.3 is 4.90 Å². The summed E-state index contributed by atoms with van der Waals surface area (Å²) in [5.74, 6) is 0. The predicted octanol–water partition coefficient (Wildman–Crippen LogP) is 17.2. The summed E-state index contributed by atoms with van der Waals surface area (Å²) in [6, 6.07) is 97.5. The lowest BCUT2D eigenvalue weighted by molar-refractivity contribution is 0.794. The largest absolute Gasteiger partial charge is 0.310 e. The van der Waals surface area contributed by atoms with Crippen molar-refractivity contribution in [2.24, 2.45) is 0 Å².